The van der Waals surface area contributed by atoms with Gasteiger partial charge in [-0.15, -0.1) is 11.3 Å². The van der Waals surface area contributed by atoms with E-state index in [1.165, 1.54) is 17.0 Å². The lowest BCUT2D eigenvalue weighted by molar-refractivity contribution is 0.0697. The number of carboxylic acid groups (broad SMARTS) is 1. The maximum atomic E-state index is 10.9. The number of hydrogen-bond donors (Lipinski definition) is 1. The summed E-state index contributed by atoms with van der Waals surface area (Å²) < 4.78 is 0. The van der Waals surface area contributed by atoms with Crippen molar-refractivity contribution in [2.24, 2.45) is 0 Å². The van der Waals surface area contributed by atoms with E-state index in [1.54, 1.807) is 17.4 Å². The normalized spacial score (nSPS) is 11.7. The largest absolute Gasteiger partial charge is 0.478 e. The molecule has 0 saturated heterocycles. The standard InChI is InChI=1S/C15H14N2O2S/c1-10(14-4-3-7-20-14)17(2)13-6-5-11(15(18)19)8-12(13)9-16/h3-8,10H,1-2H3,(H,18,19). The van der Waals surface area contributed by atoms with Gasteiger partial charge in [0.1, 0.15) is 6.07 Å². The van der Waals surface area contributed by atoms with E-state index >= 15 is 0 Å². The molecule has 5 heteroatoms. The molecule has 1 N–H and O–H groups in total. The number of aromatic carboxylic acids is 1. The fourth-order valence-corrected chi connectivity index (χ4v) is 2.82. The minimum atomic E-state index is -1.03. The molecule has 0 aliphatic rings. The summed E-state index contributed by atoms with van der Waals surface area (Å²) in [6.45, 7) is 2.05. The molecule has 0 spiro atoms. The lowest BCUT2D eigenvalue weighted by Gasteiger charge is -2.27. The van der Waals surface area contributed by atoms with E-state index in [9.17, 15) is 10.1 Å². The Hall–Kier alpha value is -2.32. The van der Waals surface area contributed by atoms with Crippen LogP contribution in [0.3, 0.4) is 0 Å². The minimum absolute atomic E-state index is 0.123. The first kappa shape index (κ1) is 14.1. The summed E-state index contributed by atoms with van der Waals surface area (Å²) in [6.07, 6.45) is 0. The van der Waals surface area contributed by atoms with E-state index in [1.807, 2.05) is 29.5 Å². The molecule has 0 radical (unpaired) electrons. The Kier molecular flexibility index (Phi) is 4.06. The van der Waals surface area contributed by atoms with Gasteiger partial charge in [0, 0.05) is 11.9 Å². The van der Waals surface area contributed by atoms with Crippen LogP contribution in [0.15, 0.2) is 35.7 Å². The molecule has 0 aliphatic heterocycles. The predicted molar refractivity (Wildman–Crippen MR) is 79.3 cm³/mol. The third-order valence-electron chi connectivity index (χ3n) is 3.28. The number of carboxylic acids is 1. The first-order valence-corrected chi connectivity index (χ1v) is 6.96. The van der Waals surface area contributed by atoms with Crippen LogP contribution < -0.4 is 4.90 Å². The van der Waals surface area contributed by atoms with Gasteiger partial charge in [0.05, 0.1) is 22.9 Å². The number of nitriles is 1. The van der Waals surface area contributed by atoms with Crippen molar-refractivity contribution in [3.8, 4) is 6.07 Å². The lowest BCUT2D eigenvalue weighted by atomic mass is 10.1. The van der Waals surface area contributed by atoms with Gasteiger partial charge in [0.15, 0.2) is 0 Å². The molecule has 0 fully saturated rings. The van der Waals surface area contributed by atoms with Gasteiger partial charge in [0.25, 0.3) is 0 Å². The van der Waals surface area contributed by atoms with Crippen LogP contribution in [0.1, 0.15) is 33.8 Å². The van der Waals surface area contributed by atoms with Gasteiger partial charge in [-0.1, -0.05) is 6.07 Å². The molecular weight excluding hydrogens is 272 g/mol. The van der Waals surface area contributed by atoms with Crippen LogP contribution in [0, 0.1) is 11.3 Å². The van der Waals surface area contributed by atoms with E-state index < -0.39 is 5.97 Å². The highest BCUT2D eigenvalue weighted by Gasteiger charge is 2.17. The summed E-state index contributed by atoms with van der Waals surface area (Å²) in [5.41, 5.74) is 1.23. The molecule has 2 rings (SSSR count). The molecule has 0 aliphatic carbocycles. The van der Waals surface area contributed by atoms with E-state index in [0.29, 0.717) is 5.56 Å². The second kappa shape index (κ2) is 5.76. The Morgan fingerprint density at radius 2 is 2.20 bits per heavy atom. The van der Waals surface area contributed by atoms with Crippen LogP contribution in [0.5, 0.6) is 0 Å². The summed E-state index contributed by atoms with van der Waals surface area (Å²) in [4.78, 5) is 14.1. The fourth-order valence-electron chi connectivity index (χ4n) is 1.99. The van der Waals surface area contributed by atoms with Crippen molar-refractivity contribution in [2.45, 2.75) is 13.0 Å². The van der Waals surface area contributed by atoms with Crippen molar-refractivity contribution in [3.05, 3.63) is 51.7 Å². The van der Waals surface area contributed by atoms with E-state index in [0.717, 1.165) is 5.69 Å². The second-order valence-corrected chi connectivity index (χ2v) is 5.43. The number of benzene rings is 1. The third-order valence-corrected chi connectivity index (χ3v) is 4.32. The molecule has 0 saturated carbocycles. The van der Waals surface area contributed by atoms with E-state index in [4.69, 9.17) is 5.11 Å². The fraction of sp³-hybridized carbons (Fsp3) is 0.200. The Morgan fingerprint density at radius 3 is 2.75 bits per heavy atom. The van der Waals surface area contributed by atoms with Gasteiger partial charge in [-0.05, 0) is 36.6 Å². The number of thiophene rings is 1. The quantitative estimate of drug-likeness (QED) is 0.934. The molecule has 1 aromatic heterocycles. The van der Waals surface area contributed by atoms with Gasteiger partial charge in [-0.2, -0.15) is 5.26 Å². The van der Waals surface area contributed by atoms with Crippen molar-refractivity contribution in [1.82, 2.24) is 0 Å². The van der Waals surface area contributed by atoms with E-state index in [-0.39, 0.29) is 11.6 Å². The maximum Gasteiger partial charge on any atom is 0.335 e. The van der Waals surface area contributed by atoms with Gasteiger partial charge < -0.3 is 10.0 Å². The molecule has 0 amide bonds. The molecule has 1 unspecified atom stereocenters. The summed E-state index contributed by atoms with van der Waals surface area (Å²) >= 11 is 1.66. The third kappa shape index (κ3) is 2.65. The zero-order valence-electron chi connectivity index (χ0n) is 11.2. The number of nitrogens with zero attached hydrogens (tertiary/aromatic N) is 2. The SMILES string of the molecule is CC(c1cccs1)N(C)c1ccc(C(=O)O)cc1C#N. The zero-order valence-corrected chi connectivity index (χ0v) is 12.0. The molecule has 4 nitrogen and oxygen atoms in total. The molecular formula is C15H14N2O2S. The molecule has 1 heterocycles. The van der Waals surface area contributed by atoms with Crippen LogP contribution >= 0.6 is 11.3 Å². The molecule has 1 atom stereocenters. The van der Waals surface area contributed by atoms with Crippen molar-refractivity contribution in [2.75, 3.05) is 11.9 Å². The van der Waals surface area contributed by atoms with Gasteiger partial charge in [-0.3, -0.25) is 0 Å². The first-order chi connectivity index (χ1) is 9.54. The Balaban J connectivity index is 2.37. The van der Waals surface area contributed by atoms with Gasteiger partial charge >= 0.3 is 5.97 Å². The summed E-state index contributed by atoms with van der Waals surface area (Å²) in [5, 5.41) is 20.2. The van der Waals surface area contributed by atoms with Crippen LogP contribution in [0.4, 0.5) is 5.69 Å². The number of hydrogen-bond acceptors (Lipinski definition) is 4. The minimum Gasteiger partial charge on any atom is -0.478 e. The number of carbonyl (C=O) groups is 1. The Morgan fingerprint density at radius 1 is 1.45 bits per heavy atom. The zero-order chi connectivity index (χ0) is 14.7. The topological polar surface area (TPSA) is 64.3 Å². The van der Waals surface area contributed by atoms with Crippen LogP contribution in [0.2, 0.25) is 0 Å². The second-order valence-electron chi connectivity index (χ2n) is 4.45. The van der Waals surface area contributed by atoms with Crippen LogP contribution in [-0.2, 0) is 0 Å². The monoisotopic (exact) mass is 286 g/mol. The van der Waals surface area contributed by atoms with Crippen LogP contribution in [0.25, 0.3) is 0 Å². The average Bonchev–Trinajstić information content (AvgIpc) is 2.99. The highest BCUT2D eigenvalue weighted by Crippen LogP contribution is 2.30. The predicted octanol–water partition coefficient (Wildman–Crippen LogP) is 3.52. The molecule has 20 heavy (non-hydrogen) atoms. The number of anilines is 1. The smallest absolute Gasteiger partial charge is 0.335 e. The van der Waals surface area contributed by atoms with Crippen molar-refractivity contribution in [1.29, 1.82) is 5.26 Å². The number of rotatable bonds is 4. The highest BCUT2D eigenvalue weighted by atomic mass is 32.1. The lowest BCUT2D eigenvalue weighted by Crippen LogP contribution is -2.22. The average molecular weight is 286 g/mol. The highest BCUT2D eigenvalue weighted by molar-refractivity contribution is 7.10. The summed E-state index contributed by atoms with van der Waals surface area (Å²) in [6, 6.07) is 10.9. The summed E-state index contributed by atoms with van der Waals surface area (Å²) in [5.74, 6) is -1.03. The van der Waals surface area contributed by atoms with E-state index in [2.05, 4.69) is 13.0 Å². The molecule has 2 aromatic rings. The maximum absolute atomic E-state index is 10.9. The molecule has 0 bridgehead atoms. The van der Waals surface area contributed by atoms with Crippen LogP contribution in [-0.4, -0.2) is 18.1 Å². The van der Waals surface area contributed by atoms with Crippen molar-refractivity contribution >= 4 is 23.0 Å². The Labute approximate surface area is 121 Å². The summed E-state index contributed by atoms with van der Waals surface area (Å²) in [7, 11) is 1.90. The Bertz CT molecular complexity index is 659. The molecule has 1 aromatic carbocycles. The van der Waals surface area contributed by atoms with Crippen molar-refractivity contribution < 1.29 is 9.90 Å². The van der Waals surface area contributed by atoms with Gasteiger partial charge in [0.2, 0.25) is 0 Å². The van der Waals surface area contributed by atoms with Crippen molar-refractivity contribution in [3.63, 3.8) is 0 Å². The van der Waals surface area contributed by atoms with Gasteiger partial charge in [-0.25, -0.2) is 4.79 Å². The molecule has 102 valence electrons. The first-order valence-electron chi connectivity index (χ1n) is 6.08.